The van der Waals surface area contributed by atoms with E-state index in [0.717, 1.165) is 5.75 Å². The summed E-state index contributed by atoms with van der Waals surface area (Å²) in [7, 11) is 0. The predicted octanol–water partition coefficient (Wildman–Crippen LogP) is 2.12. The lowest BCUT2D eigenvalue weighted by Gasteiger charge is -2.07. The van der Waals surface area contributed by atoms with Gasteiger partial charge in [-0.3, -0.25) is 0 Å². The molecule has 0 aliphatic heterocycles. The van der Waals surface area contributed by atoms with E-state index >= 15 is 0 Å². The van der Waals surface area contributed by atoms with Crippen LogP contribution in [0.3, 0.4) is 0 Å². The van der Waals surface area contributed by atoms with E-state index in [2.05, 4.69) is 11.2 Å². The highest BCUT2D eigenvalue weighted by molar-refractivity contribution is 5.33. The molecule has 1 heterocycles. The van der Waals surface area contributed by atoms with Gasteiger partial charge in [-0.15, -0.1) is 0 Å². The van der Waals surface area contributed by atoms with E-state index in [0.29, 0.717) is 12.4 Å². The number of nitrogens with two attached hydrogens (primary N) is 1. The summed E-state index contributed by atoms with van der Waals surface area (Å²) in [5.74, 6) is 0.853. The Morgan fingerprint density at radius 3 is 2.50 bits per heavy atom. The number of hydrogen-bond donors (Lipinski definition) is 1. The van der Waals surface area contributed by atoms with Crippen LogP contribution in [0.2, 0.25) is 0 Å². The Hall–Kier alpha value is -1.97. The summed E-state index contributed by atoms with van der Waals surface area (Å²) in [6, 6.07) is 6.11. The number of aromatic nitrogens is 2. The second-order valence-electron chi connectivity index (χ2n) is 3.91. The summed E-state index contributed by atoms with van der Waals surface area (Å²) in [5, 5.41) is 4.04. The number of rotatable bonds is 3. The zero-order chi connectivity index (χ0) is 11.5. The first-order valence-electron chi connectivity index (χ1n) is 5.12. The van der Waals surface area contributed by atoms with Crippen LogP contribution in [0.4, 0.5) is 5.69 Å². The highest BCUT2D eigenvalue weighted by Crippen LogP contribution is 2.16. The van der Waals surface area contributed by atoms with E-state index in [-0.39, 0.29) is 0 Å². The highest BCUT2D eigenvalue weighted by Gasteiger charge is 1.98. The van der Waals surface area contributed by atoms with Crippen LogP contribution in [-0.4, -0.2) is 9.78 Å². The molecule has 2 aromatic rings. The maximum absolute atomic E-state index is 5.61. The van der Waals surface area contributed by atoms with Crippen molar-refractivity contribution in [2.24, 2.45) is 0 Å². The molecular weight excluding hydrogens is 202 g/mol. The second kappa shape index (κ2) is 4.26. The van der Waals surface area contributed by atoms with Crippen molar-refractivity contribution in [3.8, 4) is 5.75 Å². The zero-order valence-electron chi connectivity index (χ0n) is 9.47. The number of aryl methyl sites for hydroxylation is 2. The Bertz CT molecular complexity index is 471. The Balaban J connectivity index is 2.04. The Morgan fingerprint density at radius 1 is 1.25 bits per heavy atom. The predicted molar refractivity (Wildman–Crippen MR) is 63.2 cm³/mol. The van der Waals surface area contributed by atoms with Crippen molar-refractivity contribution >= 4 is 5.69 Å². The molecule has 0 fully saturated rings. The standard InChI is InChI=1S/C12H15N3O/c1-9-3-10(2)5-12(4-9)16-8-15-7-11(13)6-14-15/h3-7H,8,13H2,1-2H3. The summed E-state index contributed by atoms with van der Waals surface area (Å²) >= 11 is 0. The average molecular weight is 217 g/mol. The normalized spacial score (nSPS) is 10.4. The maximum Gasteiger partial charge on any atom is 0.180 e. The van der Waals surface area contributed by atoms with Crippen molar-refractivity contribution < 1.29 is 4.74 Å². The first-order valence-corrected chi connectivity index (χ1v) is 5.12. The monoisotopic (exact) mass is 217 g/mol. The molecule has 0 unspecified atom stereocenters. The van der Waals surface area contributed by atoms with Gasteiger partial charge in [-0.1, -0.05) is 6.07 Å². The van der Waals surface area contributed by atoms with Gasteiger partial charge in [-0.05, 0) is 37.1 Å². The third kappa shape index (κ3) is 2.53. The summed E-state index contributed by atoms with van der Waals surface area (Å²) in [6.07, 6.45) is 3.34. The van der Waals surface area contributed by atoms with E-state index in [4.69, 9.17) is 10.5 Å². The molecule has 0 amide bonds. The van der Waals surface area contributed by atoms with E-state index < -0.39 is 0 Å². The van der Waals surface area contributed by atoms with E-state index in [1.807, 2.05) is 26.0 Å². The molecule has 1 aromatic heterocycles. The average Bonchev–Trinajstić information content (AvgIpc) is 2.60. The quantitative estimate of drug-likeness (QED) is 0.856. The van der Waals surface area contributed by atoms with Gasteiger partial charge in [0.1, 0.15) is 5.75 Å². The molecular formula is C12H15N3O. The summed E-state index contributed by atoms with van der Waals surface area (Å²) in [4.78, 5) is 0. The molecule has 0 spiro atoms. The molecule has 1 aromatic carbocycles. The van der Waals surface area contributed by atoms with Crippen molar-refractivity contribution in [3.63, 3.8) is 0 Å². The van der Waals surface area contributed by atoms with Crippen LogP contribution in [0.1, 0.15) is 11.1 Å². The lowest BCUT2D eigenvalue weighted by atomic mass is 10.1. The lowest BCUT2D eigenvalue weighted by Crippen LogP contribution is -2.05. The molecule has 0 aliphatic carbocycles. The van der Waals surface area contributed by atoms with Crippen LogP contribution in [0.25, 0.3) is 0 Å². The zero-order valence-corrected chi connectivity index (χ0v) is 9.47. The van der Waals surface area contributed by atoms with Crippen LogP contribution < -0.4 is 10.5 Å². The molecule has 84 valence electrons. The van der Waals surface area contributed by atoms with Crippen molar-refractivity contribution in [3.05, 3.63) is 41.7 Å². The fourth-order valence-electron chi connectivity index (χ4n) is 1.61. The van der Waals surface area contributed by atoms with Crippen molar-refractivity contribution in [2.75, 3.05) is 5.73 Å². The van der Waals surface area contributed by atoms with E-state index in [1.54, 1.807) is 17.1 Å². The Labute approximate surface area is 94.6 Å². The van der Waals surface area contributed by atoms with Gasteiger partial charge in [0.25, 0.3) is 0 Å². The number of anilines is 1. The Kier molecular flexibility index (Phi) is 2.81. The fraction of sp³-hybridized carbons (Fsp3) is 0.250. The SMILES string of the molecule is Cc1cc(C)cc(OCn2cc(N)cn2)c1. The van der Waals surface area contributed by atoms with E-state index in [9.17, 15) is 0 Å². The van der Waals surface area contributed by atoms with Gasteiger partial charge in [0, 0.05) is 0 Å². The lowest BCUT2D eigenvalue weighted by molar-refractivity contribution is 0.221. The molecule has 0 bridgehead atoms. The minimum atomic E-state index is 0.375. The third-order valence-electron chi connectivity index (χ3n) is 2.21. The number of nitrogens with zero attached hydrogens (tertiary/aromatic N) is 2. The van der Waals surface area contributed by atoms with Crippen LogP contribution in [-0.2, 0) is 6.73 Å². The molecule has 2 rings (SSSR count). The molecule has 0 saturated carbocycles. The number of benzene rings is 1. The minimum absolute atomic E-state index is 0.375. The highest BCUT2D eigenvalue weighted by atomic mass is 16.5. The second-order valence-corrected chi connectivity index (χ2v) is 3.91. The summed E-state index contributed by atoms with van der Waals surface area (Å²) in [5.41, 5.74) is 8.58. The number of nitrogen functional groups attached to an aromatic ring is 1. The van der Waals surface area contributed by atoms with Gasteiger partial charge in [-0.25, -0.2) is 4.68 Å². The topological polar surface area (TPSA) is 53.1 Å². The third-order valence-corrected chi connectivity index (χ3v) is 2.21. The smallest absolute Gasteiger partial charge is 0.180 e. The van der Waals surface area contributed by atoms with Gasteiger partial charge in [0.05, 0.1) is 18.1 Å². The van der Waals surface area contributed by atoms with Crippen LogP contribution in [0, 0.1) is 13.8 Å². The molecule has 2 N–H and O–H groups in total. The van der Waals surface area contributed by atoms with Crippen LogP contribution in [0.15, 0.2) is 30.6 Å². The van der Waals surface area contributed by atoms with Gasteiger partial charge in [0.2, 0.25) is 0 Å². The number of hydrogen-bond acceptors (Lipinski definition) is 3. The van der Waals surface area contributed by atoms with Gasteiger partial charge in [0.15, 0.2) is 6.73 Å². The molecule has 0 saturated heterocycles. The molecule has 0 radical (unpaired) electrons. The van der Waals surface area contributed by atoms with Gasteiger partial charge in [-0.2, -0.15) is 5.10 Å². The molecule has 0 aliphatic rings. The van der Waals surface area contributed by atoms with Crippen molar-refractivity contribution in [2.45, 2.75) is 20.6 Å². The van der Waals surface area contributed by atoms with E-state index in [1.165, 1.54) is 11.1 Å². The first-order chi connectivity index (χ1) is 7.63. The van der Waals surface area contributed by atoms with Gasteiger partial charge < -0.3 is 10.5 Å². The van der Waals surface area contributed by atoms with Crippen molar-refractivity contribution in [1.82, 2.24) is 9.78 Å². The molecule has 16 heavy (non-hydrogen) atoms. The minimum Gasteiger partial charge on any atom is -0.471 e. The summed E-state index contributed by atoms with van der Waals surface area (Å²) < 4.78 is 7.27. The molecule has 4 heteroatoms. The van der Waals surface area contributed by atoms with Gasteiger partial charge >= 0.3 is 0 Å². The maximum atomic E-state index is 5.61. The molecule has 0 atom stereocenters. The largest absolute Gasteiger partial charge is 0.471 e. The Morgan fingerprint density at radius 2 is 1.94 bits per heavy atom. The molecule has 4 nitrogen and oxygen atoms in total. The van der Waals surface area contributed by atoms with Crippen molar-refractivity contribution in [1.29, 1.82) is 0 Å². The van der Waals surface area contributed by atoms with Crippen LogP contribution in [0.5, 0.6) is 5.75 Å². The van der Waals surface area contributed by atoms with Crippen LogP contribution >= 0.6 is 0 Å². The first kappa shape index (κ1) is 10.5. The number of ether oxygens (including phenoxy) is 1. The fourth-order valence-corrected chi connectivity index (χ4v) is 1.61. The summed E-state index contributed by atoms with van der Waals surface area (Å²) in [6.45, 7) is 4.47.